The van der Waals surface area contributed by atoms with Crippen molar-refractivity contribution in [2.75, 3.05) is 33.1 Å². The van der Waals surface area contributed by atoms with E-state index < -0.39 is 78.4 Å². The van der Waals surface area contributed by atoms with Crippen molar-refractivity contribution >= 4 is 40.7 Å². The number of benzene rings is 3. The summed E-state index contributed by atoms with van der Waals surface area (Å²) in [5.41, 5.74) is 6.86. The van der Waals surface area contributed by atoms with Crippen molar-refractivity contribution in [3.8, 4) is 17.2 Å². The number of anilines is 1. The number of carbonyl (C=O) groups excluding carboxylic acids is 3. The number of hydrogen-bond acceptors (Lipinski definition) is 14. The first-order valence-corrected chi connectivity index (χ1v) is 19.3. The number of esters is 2. The van der Waals surface area contributed by atoms with Crippen molar-refractivity contribution < 1.29 is 57.8 Å². The van der Waals surface area contributed by atoms with Crippen LogP contribution in [0.4, 0.5) is 5.69 Å². The maximum Gasteiger partial charge on any atom is 0.341 e. The molecule has 0 spiro atoms. The standard InChI is InChI=1S/C43H44ClN3O12/c1-20-39(51)46-34-26(16-23(53-6)17-31(34)55-20)40(52)57-32-19-54-33(48)18-29(45)21-10-12-30(28(44)15-21)56-38-24-11-9-22(32)14-25(24)27-8-7-13-43(27,38)59-41-36(50)35(49)37(47(4)5)42(2,3)58-41/h7-17,29,32,35-38,41,49-50H,1,18-19,45H2,2-6H3,(H,46,51). The molecule has 8 unspecified atom stereocenters. The normalized spacial score (nSPS) is 29.2. The lowest BCUT2D eigenvalue weighted by Crippen LogP contribution is -2.67. The van der Waals surface area contributed by atoms with Gasteiger partial charge in [-0.25, -0.2) is 4.79 Å². The number of carbonyl (C=O) groups is 3. The van der Waals surface area contributed by atoms with E-state index in [0.29, 0.717) is 27.8 Å². The molecule has 6 heterocycles. The lowest BCUT2D eigenvalue weighted by atomic mass is 9.86. The van der Waals surface area contributed by atoms with Crippen LogP contribution in [-0.2, 0) is 28.5 Å². The second-order valence-corrected chi connectivity index (χ2v) is 16.2. The number of aliphatic hydroxyl groups is 2. The minimum atomic E-state index is -1.46. The van der Waals surface area contributed by atoms with Gasteiger partial charge in [0.25, 0.3) is 5.91 Å². The number of fused-ring (bicyclic) bond motifs is 2. The molecule has 0 radical (unpaired) electrons. The quantitative estimate of drug-likeness (QED) is 0.198. The van der Waals surface area contributed by atoms with Gasteiger partial charge in [-0.3, -0.25) is 9.59 Å². The van der Waals surface area contributed by atoms with Crippen LogP contribution >= 0.6 is 11.6 Å². The molecule has 1 amide bonds. The van der Waals surface area contributed by atoms with Crippen molar-refractivity contribution in [2.45, 2.75) is 74.3 Å². The summed E-state index contributed by atoms with van der Waals surface area (Å²) in [4.78, 5) is 41.7. The molecule has 2 aliphatic carbocycles. The summed E-state index contributed by atoms with van der Waals surface area (Å²) in [6.07, 6.45) is -0.949. The maximum absolute atomic E-state index is 14.1. The van der Waals surface area contributed by atoms with E-state index in [1.807, 2.05) is 19.9 Å². The third kappa shape index (κ3) is 7.05. The van der Waals surface area contributed by atoms with Gasteiger partial charge in [0.15, 0.2) is 35.6 Å². The molecule has 59 heavy (non-hydrogen) atoms. The van der Waals surface area contributed by atoms with Gasteiger partial charge in [-0.05, 0) is 80.5 Å². The average Bonchev–Trinajstić information content (AvgIpc) is 3.70. The van der Waals surface area contributed by atoms with E-state index in [1.165, 1.54) is 19.2 Å². The van der Waals surface area contributed by atoms with E-state index in [9.17, 15) is 24.6 Å². The molecule has 6 aliphatic heterocycles. The topological polar surface area (TPSA) is 198 Å². The number of hydrogen-bond donors (Lipinski definition) is 4. The Hall–Kier alpha value is -5.26. The molecule has 16 heteroatoms. The monoisotopic (exact) mass is 829 g/mol. The smallest absolute Gasteiger partial charge is 0.341 e. The van der Waals surface area contributed by atoms with E-state index in [1.54, 1.807) is 67.5 Å². The molecule has 15 nitrogen and oxygen atoms in total. The zero-order chi connectivity index (χ0) is 42.1. The first kappa shape index (κ1) is 40.5. The van der Waals surface area contributed by atoms with Crippen LogP contribution < -0.4 is 25.3 Å². The lowest BCUT2D eigenvalue weighted by Gasteiger charge is -2.51. The van der Waals surface area contributed by atoms with Crippen molar-refractivity contribution in [1.82, 2.24) is 4.90 Å². The van der Waals surface area contributed by atoms with Crippen LogP contribution in [0.3, 0.4) is 0 Å². The maximum atomic E-state index is 14.1. The van der Waals surface area contributed by atoms with Crippen molar-refractivity contribution in [3.05, 3.63) is 112 Å². The first-order valence-electron chi connectivity index (χ1n) is 18.9. The largest absolute Gasteiger partial charge is 0.497 e. The van der Waals surface area contributed by atoms with E-state index >= 15 is 0 Å². The Balaban J connectivity index is 1.22. The molecule has 11 rings (SSSR count). The van der Waals surface area contributed by atoms with Crippen LogP contribution in [0.25, 0.3) is 5.57 Å². The van der Waals surface area contributed by atoms with Gasteiger partial charge >= 0.3 is 11.9 Å². The summed E-state index contributed by atoms with van der Waals surface area (Å²) in [6.45, 7) is 6.82. The third-order valence-corrected chi connectivity index (χ3v) is 11.6. The van der Waals surface area contributed by atoms with E-state index in [4.69, 9.17) is 50.5 Å². The number of likely N-dealkylation sites (N-methyl/N-ethyl adjacent to an activating group) is 1. The highest BCUT2D eigenvalue weighted by Gasteiger charge is 2.58. The molecule has 0 saturated carbocycles. The summed E-state index contributed by atoms with van der Waals surface area (Å²) in [6, 6.07) is 11.7. The molecule has 3 aromatic rings. The Labute approximate surface area is 344 Å². The zero-order valence-electron chi connectivity index (χ0n) is 32.9. The van der Waals surface area contributed by atoms with E-state index in [0.717, 1.165) is 0 Å². The van der Waals surface area contributed by atoms with E-state index in [2.05, 4.69) is 11.9 Å². The van der Waals surface area contributed by atoms with Gasteiger partial charge in [-0.15, -0.1) is 0 Å². The molecule has 8 aliphatic rings. The Morgan fingerprint density at radius 3 is 2.54 bits per heavy atom. The number of rotatable bonds is 6. The summed E-state index contributed by atoms with van der Waals surface area (Å²) < 4.78 is 42.9. The highest BCUT2D eigenvalue weighted by atomic mass is 35.5. The molecule has 1 saturated heterocycles. The van der Waals surface area contributed by atoms with Gasteiger partial charge < -0.3 is 59.3 Å². The van der Waals surface area contributed by atoms with Crippen LogP contribution in [0.5, 0.6) is 17.2 Å². The van der Waals surface area contributed by atoms with Crippen molar-refractivity contribution in [3.63, 3.8) is 0 Å². The van der Waals surface area contributed by atoms with Crippen LogP contribution in [0.1, 0.15) is 71.1 Å². The first-order chi connectivity index (χ1) is 28.0. The fourth-order valence-electron chi connectivity index (χ4n) is 8.56. The summed E-state index contributed by atoms with van der Waals surface area (Å²) in [5, 5.41) is 25.8. The summed E-state index contributed by atoms with van der Waals surface area (Å²) in [7, 11) is 5.00. The predicted molar refractivity (Wildman–Crippen MR) is 213 cm³/mol. The third-order valence-electron chi connectivity index (χ3n) is 11.3. The number of halogens is 1. The van der Waals surface area contributed by atoms with Crippen LogP contribution in [-0.4, -0.2) is 96.5 Å². The molecular weight excluding hydrogens is 786 g/mol. The van der Waals surface area contributed by atoms with Crippen LogP contribution in [0, 0.1) is 0 Å². The van der Waals surface area contributed by atoms with Crippen LogP contribution in [0.2, 0.25) is 5.02 Å². The van der Waals surface area contributed by atoms with Gasteiger partial charge in [0.2, 0.25) is 0 Å². The minimum absolute atomic E-state index is 0.0455. The van der Waals surface area contributed by atoms with E-state index in [-0.39, 0.29) is 45.7 Å². The number of ether oxygens (including phenoxy) is 7. The van der Waals surface area contributed by atoms with Gasteiger partial charge in [-0.2, -0.15) is 0 Å². The van der Waals surface area contributed by atoms with Crippen molar-refractivity contribution in [1.29, 1.82) is 0 Å². The zero-order valence-corrected chi connectivity index (χ0v) is 33.6. The molecule has 8 atom stereocenters. The number of nitrogens with one attached hydrogen (secondary N) is 1. The number of amides is 1. The summed E-state index contributed by atoms with van der Waals surface area (Å²) >= 11 is 6.82. The second-order valence-electron chi connectivity index (χ2n) is 15.8. The second kappa shape index (κ2) is 15.1. The predicted octanol–water partition coefficient (Wildman–Crippen LogP) is 4.67. The molecule has 0 aromatic heterocycles. The van der Waals surface area contributed by atoms with Crippen molar-refractivity contribution in [2.24, 2.45) is 5.73 Å². The van der Waals surface area contributed by atoms with Gasteiger partial charge in [0, 0.05) is 17.7 Å². The number of methoxy groups -OCH3 is 1. The summed E-state index contributed by atoms with van der Waals surface area (Å²) in [5.74, 6) is -1.73. The highest BCUT2D eigenvalue weighted by Crippen LogP contribution is 2.57. The molecular formula is C43H44ClN3O12. The van der Waals surface area contributed by atoms with Crippen LogP contribution in [0.15, 0.2) is 79.1 Å². The Bertz CT molecular complexity index is 2330. The highest BCUT2D eigenvalue weighted by molar-refractivity contribution is 6.32. The minimum Gasteiger partial charge on any atom is -0.497 e. The Kier molecular flexibility index (Phi) is 10.4. The number of aliphatic hydroxyl groups excluding tert-OH is 2. The van der Waals surface area contributed by atoms with Gasteiger partial charge in [0.05, 0.1) is 41.4 Å². The number of nitrogens with zero attached hydrogens (tertiary/aromatic N) is 1. The Morgan fingerprint density at radius 2 is 1.81 bits per heavy atom. The molecule has 1 fully saturated rings. The SMILES string of the molecule is C=C1Oc2cc(OC)cc(C(=O)OC3COC(=O)CC(N)c4ccc(c(Cl)c4)OC4c5ccc3cc5C3=CC=CC34OC3OC(C)(C)C(N(C)C)C(O)C3O)c2NC1=O. The van der Waals surface area contributed by atoms with Gasteiger partial charge in [0.1, 0.15) is 30.3 Å². The lowest BCUT2D eigenvalue weighted by molar-refractivity contribution is -0.329. The Morgan fingerprint density at radius 1 is 1.05 bits per heavy atom. The van der Waals surface area contributed by atoms with Gasteiger partial charge in [-0.1, -0.05) is 48.5 Å². The number of nitrogens with two attached hydrogens (primary N) is 1. The fourth-order valence-corrected chi connectivity index (χ4v) is 8.79. The fraction of sp³-hybridized carbons (Fsp3) is 0.372. The number of allylic oxidation sites excluding steroid dienone is 2. The molecule has 310 valence electrons. The molecule has 3 aromatic carbocycles. The molecule has 6 bridgehead atoms. The molecule has 5 N–H and O–H groups in total. The average molecular weight is 830 g/mol.